The Bertz CT molecular complexity index is 130. The number of rotatable bonds is 0. The summed E-state index contributed by atoms with van der Waals surface area (Å²) in [7, 11) is 0. The highest BCUT2D eigenvalue weighted by Crippen LogP contribution is 1.84. The topological polar surface area (TPSA) is 76.4 Å². The monoisotopic (exact) mass is 112 g/mol. The average Bonchev–Trinajstić information content (AvgIpc) is 1.64. The number of hydrogen-bond donors (Lipinski definition) is 3. The van der Waals surface area contributed by atoms with Crippen molar-refractivity contribution in [2.75, 3.05) is 6.54 Å². The number of nitrogens with zero attached hydrogens (tertiary/aromatic N) is 1. The van der Waals surface area contributed by atoms with Crippen molar-refractivity contribution in [1.82, 2.24) is 5.32 Å². The maximum Gasteiger partial charge on any atom is 0.194 e. The second kappa shape index (κ2) is 1.73. The van der Waals surface area contributed by atoms with Crippen molar-refractivity contribution >= 4 is 5.96 Å². The molecule has 1 aliphatic rings. The first-order valence-electron chi connectivity index (χ1n) is 2.31. The van der Waals surface area contributed by atoms with Crippen molar-refractivity contribution in [3.05, 3.63) is 11.9 Å². The van der Waals surface area contributed by atoms with Crippen LogP contribution in [0.25, 0.3) is 0 Å². The van der Waals surface area contributed by atoms with Gasteiger partial charge in [-0.15, -0.1) is 0 Å². The molecular weight excluding hydrogens is 104 g/mol. The second-order valence-corrected chi connectivity index (χ2v) is 1.51. The van der Waals surface area contributed by atoms with Crippen molar-refractivity contribution in [2.24, 2.45) is 16.5 Å². The molecule has 4 heteroatoms. The van der Waals surface area contributed by atoms with Gasteiger partial charge in [0.15, 0.2) is 5.96 Å². The van der Waals surface area contributed by atoms with Gasteiger partial charge in [-0.05, 0) is 6.08 Å². The molecule has 0 aromatic carbocycles. The standard InChI is InChI=1S/C4H8N4/c5-3-1-2-7-4(6)8-3/h1H,2,5H2,(H3,6,7,8). The highest BCUT2D eigenvalue weighted by atomic mass is 15.2. The van der Waals surface area contributed by atoms with E-state index >= 15 is 0 Å². The molecule has 1 rings (SSSR count). The minimum atomic E-state index is 0.394. The predicted octanol–water partition coefficient (Wildman–Crippen LogP) is -1.30. The molecule has 44 valence electrons. The van der Waals surface area contributed by atoms with Crippen molar-refractivity contribution < 1.29 is 0 Å². The van der Waals surface area contributed by atoms with Crippen LogP contribution in [0.5, 0.6) is 0 Å². The summed E-state index contributed by atoms with van der Waals surface area (Å²) in [5.74, 6) is 0.975. The SMILES string of the molecule is NC1=CCN=C(N)N1. The quantitative estimate of drug-likeness (QED) is 0.364. The Morgan fingerprint density at radius 1 is 1.62 bits per heavy atom. The molecule has 8 heavy (non-hydrogen) atoms. The minimum absolute atomic E-state index is 0.394. The molecule has 0 saturated heterocycles. The van der Waals surface area contributed by atoms with Crippen LogP contribution >= 0.6 is 0 Å². The van der Waals surface area contributed by atoms with Gasteiger partial charge in [0.2, 0.25) is 0 Å². The fraction of sp³-hybridized carbons (Fsp3) is 0.250. The Hall–Kier alpha value is -1.19. The van der Waals surface area contributed by atoms with Crippen LogP contribution in [0, 0.1) is 0 Å². The molecule has 0 amide bonds. The molecular formula is C4H8N4. The third kappa shape index (κ3) is 0.900. The van der Waals surface area contributed by atoms with Crippen LogP contribution in [0.15, 0.2) is 16.9 Å². The molecule has 5 N–H and O–H groups in total. The zero-order chi connectivity index (χ0) is 5.98. The van der Waals surface area contributed by atoms with Crippen molar-refractivity contribution in [1.29, 1.82) is 0 Å². The number of hydrogen-bond acceptors (Lipinski definition) is 4. The molecule has 0 unspecified atom stereocenters. The number of guanidine groups is 1. The van der Waals surface area contributed by atoms with Crippen molar-refractivity contribution in [2.45, 2.75) is 0 Å². The van der Waals surface area contributed by atoms with Gasteiger partial charge in [0.1, 0.15) is 5.82 Å². The van der Waals surface area contributed by atoms with Gasteiger partial charge in [-0.25, -0.2) is 4.99 Å². The van der Waals surface area contributed by atoms with Gasteiger partial charge >= 0.3 is 0 Å². The number of nitrogens with one attached hydrogen (secondary N) is 1. The maximum absolute atomic E-state index is 5.31. The van der Waals surface area contributed by atoms with E-state index in [4.69, 9.17) is 11.5 Å². The van der Waals surface area contributed by atoms with E-state index in [2.05, 4.69) is 10.3 Å². The summed E-state index contributed by atoms with van der Waals surface area (Å²) in [6.07, 6.45) is 1.76. The maximum atomic E-state index is 5.31. The van der Waals surface area contributed by atoms with Gasteiger partial charge in [0.05, 0.1) is 6.54 Å². The second-order valence-electron chi connectivity index (χ2n) is 1.51. The summed E-state index contributed by atoms with van der Waals surface area (Å²) in [6.45, 7) is 0.588. The third-order valence-corrected chi connectivity index (χ3v) is 0.845. The summed E-state index contributed by atoms with van der Waals surface area (Å²) < 4.78 is 0. The van der Waals surface area contributed by atoms with Crippen LogP contribution in [0.3, 0.4) is 0 Å². The largest absolute Gasteiger partial charge is 0.385 e. The molecule has 0 aliphatic carbocycles. The van der Waals surface area contributed by atoms with Gasteiger partial charge in [-0.3, -0.25) is 0 Å². The molecule has 0 aromatic heterocycles. The average molecular weight is 112 g/mol. The van der Waals surface area contributed by atoms with Gasteiger partial charge in [-0.2, -0.15) is 0 Å². The lowest BCUT2D eigenvalue weighted by atomic mass is 10.5. The number of aliphatic imine (C=N–C) groups is 1. The Balaban J connectivity index is 2.57. The highest BCUT2D eigenvalue weighted by molar-refractivity contribution is 5.80. The van der Waals surface area contributed by atoms with Crippen LogP contribution in [-0.2, 0) is 0 Å². The van der Waals surface area contributed by atoms with Crippen LogP contribution in [-0.4, -0.2) is 12.5 Å². The van der Waals surface area contributed by atoms with Crippen LogP contribution in [0.4, 0.5) is 0 Å². The Labute approximate surface area is 47.3 Å². The minimum Gasteiger partial charge on any atom is -0.385 e. The van der Waals surface area contributed by atoms with Gasteiger partial charge < -0.3 is 16.8 Å². The molecule has 0 spiro atoms. The number of nitrogens with two attached hydrogens (primary N) is 2. The fourth-order valence-electron chi connectivity index (χ4n) is 0.481. The molecule has 1 heterocycles. The first-order chi connectivity index (χ1) is 3.79. The van der Waals surface area contributed by atoms with Crippen LogP contribution in [0.1, 0.15) is 0 Å². The molecule has 0 saturated carbocycles. The lowest BCUT2D eigenvalue weighted by molar-refractivity contribution is 0.978. The van der Waals surface area contributed by atoms with Gasteiger partial charge in [-0.1, -0.05) is 0 Å². The molecule has 1 aliphatic heterocycles. The summed E-state index contributed by atoms with van der Waals surface area (Å²) in [5, 5.41) is 2.65. The highest BCUT2D eigenvalue weighted by Gasteiger charge is 1.95. The molecule has 0 radical (unpaired) electrons. The van der Waals surface area contributed by atoms with E-state index in [1.165, 1.54) is 0 Å². The molecule has 0 fully saturated rings. The van der Waals surface area contributed by atoms with Gasteiger partial charge in [0.25, 0.3) is 0 Å². The van der Waals surface area contributed by atoms with E-state index in [0.717, 1.165) is 0 Å². The Morgan fingerprint density at radius 2 is 2.38 bits per heavy atom. The molecule has 4 nitrogen and oxygen atoms in total. The van der Waals surface area contributed by atoms with E-state index in [9.17, 15) is 0 Å². The Morgan fingerprint density at radius 3 is 2.75 bits per heavy atom. The lowest BCUT2D eigenvalue weighted by Crippen LogP contribution is -2.36. The first kappa shape index (κ1) is 4.96. The lowest BCUT2D eigenvalue weighted by Gasteiger charge is -2.07. The van der Waals surface area contributed by atoms with E-state index < -0.39 is 0 Å². The van der Waals surface area contributed by atoms with Crippen LogP contribution < -0.4 is 16.8 Å². The first-order valence-corrected chi connectivity index (χ1v) is 2.31. The summed E-state index contributed by atoms with van der Waals surface area (Å²) in [5.41, 5.74) is 10.6. The Kier molecular flexibility index (Phi) is 1.07. The summed E-state index contributed by atoms with van der Waals surface area (Å²) in [4.78, 5) is 3.81. The van der Waals surface area contributed by atoms with Crippen molar-refractivity contribution in [3.8, 4) is 0 Å². The molecule has 0 atom stereocenters. The molecule has 0 aromatic rings. The fourth-order valence-corrected chi connectivity index (χ4v) is 0.481. The molecule has 0 bridgehead atoms. The van der Waals surface area contributed by atoms with E-state index in [1.54, 1.807) is 6.08 Å². The zero-order valence-corrected chi connectivity index (χ0v) is 4.39. The summed E-state index contributed by atoms with van der Waals surface area (Å²) >= 11 is 0. The van der Waals surface area contributed by atoms with Gasteiger partial charge in [0, 0.05) is 0 Å². The summed E-state index contributed by atoms with van der Waals surface area (Å²) in [6, 6.07) is 0. The van der Waals surface area contributed by atoms with E-state index in [0.29, 0.717) is 18.3 Å². The normalized spacial score (nSPS) is 18.5. The van der Waals surface area contributed by atoms with E-state index in [-0.39, 0.29) is 0 Å². The smallest absolute Gasteiger partial charge is 0.194 e. The van der Waals surface area contributed by atoms with Crippen LogP contribution in [0.2, 0.25) is 0 Å². The predicted molar refractivity (Wildman–Crippen MR) is 31.9 cm³/mol. The third-order valence-electron chi connectivity index (χ3n) is 0.845. The van der Waals surface area contributed by atoms with E-state index in [1.807, 2.05) is 0 Å². The van der Waals surface area contributed by atoms with Crippen molar-refractivity contribution in [3.63, 3.8) is 0 Å². The zero-order valence-electron chi connectivity index (χ0n) is 4.39.